The molecule has 1 rings (SSSR count). The molecule has 1 fully saturated rings. The zero-order valence-electron chi connectivity index (χ0n) is 34.6. The van der Waals surface area contributed by atoms with Crippen LogP contribution in [0.15, 0.2) is 0 Å². The first-order valence-electron chi connectivity index (χ1n) is 19.5. The second kappa shape index (κ2) is 26.8. The van der Waals surface area contributed by atoms with E-state index >= 15 is 0 Å². The Labute approximate surface area is 349 Å². The van der Waals surface area contributed by atoms with E-state index in [1.54, 1.807) is 6.26 Å². The average Bonchev–Trinajstić information content (AvgIpc) is 3.65. The number of rotatable bonds is 27. The summed E-state index contributed by atoms with van der Waals surface area (Å²) in [6, 6.07) is -7.67. The number of likely N-dealkylation sites (tertiary alicyclic amines) is 1. The normalized spacial score (nSPS) is 16.9. The van der Waals surface area contributed by atoms with Crippen LogP contribution in [0.1, 0.15) is 86.0 Å². The second-order valence-electron chi connectivity index (χ2n) is 15.1. The molecule has 0 aromatic rings. The molecule has 7 atom stereocenters. The van der Waals surface area contributed by atoms with Crippen molar-refractivity contribution in [2.45, 2.75) is 128 Å². The predicted octanol–water partition coefficient (Wildman–Crippen LogP) is -0.587. The van der Waals surface area contributed by atoms with Crippen LogP contribution in [0.3, 0.4) is 0 Å². The molecule has 0 spiro atoms. The van der Waals surface area contributed by atoms with E-state index in [-0.39, 0.29) is 44.1 Å². The Morgan fingerprint density at radius 3 is 1.78 bits per heavy atom. The van der Waals surface area contributed by atoms with E-state index in [1.165, 1.54) is 35.3 Å². The van der Waals surface area contributed by atoms with Crippen molar-refractivity contribution in [1.29, 1.82) is 0 Å². The molecule has 1 saturated heterocycles. The van der Waals surface area contributed by atoms with E-state index in [4.69, 9.17) is 5.73 Å². The van der Waals surface area contributed by atoms with Crippen LogP contribution in [0.2, 0.25) is 0 Å². The van der Waals surface area contributed by atoms with Crippen LogP contribution in [-0.4, -0.2) is 148 Å². The average molecular weight is 861 g/mol. The monoisotopic (exact) mass is 860 g/mol. The van der Waals surface area contributed by atoms with E-state index in [0.717, 1.165) is 0 Å². The molecule has 21 heteroatoms. The molecule has 330 valence electrons. The Balaban J connectivity index is 3.06. The minimum absolute atomic E-state index is 0.0382. The van der Waals surface area contributed by atoms with Crippen molar-refractivity contribution < 1.29 is 53.4 Å². The number of nitrogens with one attached hydrogen (secondary N) is 6. The minimum Gasteiger partial charge on any atom is -0.481 e. The van der Waals surface area contributed by atoms with Crippen molar-refractivity contribution in [3.8, 4) is 0 Å². The van der Waals surface area contributed by atoms with E-state index in [9.17, 15) is 53.4 Å². The van der Waals surface area contributed by atoms with Gasteiger partial charge in [0.1, 0.15) is 36.3 Å². The molecule has 0 aliphatic carbocycles. The van der Waals surface area contributed by atoms with E-state index in [1.807, 2.05) is 34.0 Å². The van der Waals surface area contributed by atoms with Crippen molar-refractivity contribution in [3.63, 3.8) is 0 Å². The van der Waals surface area contributed by atoms with Crippen LogP contribution >= 0.6 is 23.5 Å². The molecule has 0 aromatic carbocycles. The van der Waals surface area contributed by atoms with Gasteiger partial charge in [-0.1, -0.05) is 27.7 Å². The van der Waals surface area contributed by atoms with Crippen LogP contribution in [0.4, 0.5) is 0 Å². The van der Waals surface area contributed by atoms with Crippen LogP contribution in [0.25, 0.3) is 0 Å². The highest BCUT2D eigenvalue weighted by molar-refractivity contribution is 7.98. The molecule has 58 heavy (non-hydrogen) atoms. The van der Waals surface area contributed by atoms with Gasteiger partial charge in [-0.15, -0.1) is 0 Å². The third-order valence-corrected chi connectivity index (χ3v) is 10.5. The number of nitrogens with two attached hydrogens (primary N) is 1. The Kier molecular flexibility index (Phi) is 24.0. The number of thioether (sulfide) groups is 2. The molecule has 10 N–H and O–H groups in total. The lowest BCUT2D eigenvalue weighted by molar-refractivity contribution is -0.149. The van der Waals surface area contributed by atoms with Crippen LogP contribution < -0.4 is 37.6 Å². The van der Waals surface area contributed by atoms with Gasteiger partial charge >= 0.3 is 11.9 Å². The summed E-state index contributed by atoms with van der Waals surface area (Å²) in [5, 5.41) is 34.1. The van der Waals surface area contributed by atoms with Crippen LogP contribution in [0, 0.1) is 11.8 Å². The summed E-state index contributed by atoms with van der Waals surface area (Å²) >= 11 is 2.90. The van der Waals surface area contributed by atoms with Gasteiger partial charge in [-0.25, -0.2) is 4.79 Å². The van der Waals surface area contributed by atoms with Gasteiger partial charge in [0.05, 0.1) is 12.6 Å². The van der Waals surface area contributed by atoms with Gasteiger partial charge in [0, 0.05) is 13.0 Å². The Morgan fingerprint density at radius 2 is 1.21 bits per heavy atom. The molecular weight excluding hydrogens is 797 g/mol. The third kappa shape index (κ3) is 19.1. The maximum absolute atomic E-state index is 13.7. The topological polar surface area (TPSA) is 296 Å². The Hall–Kier alpha value is -4.11. The van der Waals surface area contributed by atoms with Crippen molar-refractivity contribution in [1.82, 2.24) is 36.8 Å². The maximum atomic E-state index is 13.7. The number of carboxylic acid groups (broad SMARTS) is 2. The fourth-order valence-corrected chi connectivity index (χ4v) is 7.02. The lowest BCUT2D eigenvalue weighted by Gasteiger charge is -2.30. The molecule has 1 aliphatic rings. The van der Waals surface area contributed by atoms with Gasteiger partial charge in [0.25, 0.3) is 0 Å². The second-order valence-corrected chi connectivity index (χ2v) is 17.1. The lowest BCUT2D eigenvalue weighted by Crippen LogP contribution is -2.58. The van der Waals surface area contributed by atoms with E-state index in [2.05, 4.69) is 31.9 Å². The summed E-state index contributed by atoms with van der Waals surface area (Å²) in [6.07, 6.45) is 4.57. The molecule has 1 heterocycles. The summed E-state index contributed by atoms with van der Waals surface area (Å²) in [4.78, 5) is 117. The number of amides is 7. The molecule has 0 unspecified atom stereocenters. The zero-order chi connectivity index (χ0) is 44.1. The van der Waals surface area contributed by atoms with Crippen molar-refractivity contribution in [3.05, 3.63) is 0 Å². The summed E-state index contributed by atoms with van der Waals surface area (Å²) < 4.78 is 0. The Bertz CT molecular complexity index is 1440. The first-order chi connectivity index (χ1) is 27.2. The number of nitrogens with zero attached hydrogens (tertiary/aromatic N) is 1. The van der Waals surface area contributed by atoms with E-state index in [0.29, 0.717) is 30.8 Å². The molecule has 0 radical (unpaired) electrons. The van der Waals surface area contributed by atoms with Crippen LogP contribution in [-0.2, 0) is 43.2 Å². The van der Waals surface area contributed by atoms with Gasteiger partial charge in [-0.2, -0.15) is 23.5 Å². The van der Waals surface area contributed by atoms with Gasteiger partial charge in [0.15, 0.2) is 0 Å². The molecule has 7 amide bonds. The van der Waals surface area contributed by atoms with Crippen molar-refractivity contribution in [2.75, 3.05) is 37.1 Å². The highest BCUT2D eigenvalue weighted by Gasteiger charge is 2.39. The van der Waals surface area contributed by atoms with Gasteiger partial charge in [-0.05, 0) is 87.7 Å². The lowest BCUT2D eigenvalue weighted by atomic mass is 9.99. The fourth-order valence-electron chi connectivity index (χ4n) is 6.06. The molecule has 19 nitrogen and oxygen atoms in total. The number of carboxylic acids is 2. The first-order valence-corrected chi connectivity index (χ1v) is 22.3. The fraction of sp³-hybridized carbons (Fsp3) is 0.757. The minimum atomic E-state index is -1.39. The number of carbonyl (C=O) groups is 9. The first kappa shape index (κ1) is 51.9. The quantitative estimate of drug-likeness (QED) is 0.0500. The smallest absolute Gasteiger partial charge is 0.326 e. The summed E-state index contributed by atoms with van der Waals surface area (Å²) in [5.41, 5.74) is 5.86. The molecular formula is C37H64N8O11S2. The number of hydrogen-bond donors (Lipinski definition) is 9. The van der Waals surface area contributed by atoms with Gasteiger partial charge in [-0.3, -0.25) is 38.4 Å². The standard InChI is InChI=1S/C37H64N8O11S2/c1-20(2)17-26(35(53)44-27(18-21(3)4)36(54)45-14-8-9-28(45)37(55)56)43-34(52)25(13-16-58-7)41-29(46)19-39-33(51)24(10-11-30(47)48)42-31(49)22(5)40-32(50)23(38)12-15-57-6/h20-28H,8-19,38H2,1-7H3,(H,39,51)(H,40,50)(H,41,46)(H,42,49)(H,43,52)(H,44,53)(H,47,48)(H,55,56)/t22-,23-,24-,25-,26-,27-,28-/m0/s1. The number of hydrogen-bond acceptors (Lipinski definition) is 12. The molecule has 1 aliphatic heterocycles. The summed E-state index contributed by atoms with van der Waals surface area (Å²) in [6.45, 7) is 8.37. The third-order valence-electron chi connectivity index (χ3n) is 9.17. The van der Waals surface area contributed by atoms with E-state index < -0.39 is 109 Å². The number of aliphatic carboxylic acids is 2. The molecule has 0 saturated carbocycles. The SMILES string of the molecule is CSCC[C@H](NC(=O)CNC(=O)[C@H](CCC(=O)O)NC(=O)[C@H](C)NC(=O)[C@@H](N)CCSC)C(=O)N[C@@H](CC(C)C)C(=O)N[C@@H](CC(C)C)C(=O)N1CCC[C@H]1C(=O)O. The molecule has 0 aromatic heterocycles. The van der Waals surface area contributed by atoms with Crippen molar-refractivity contribution >= 4 is 76.8 Å². The van der Waals surface area contributed by atoms with Crippen molar-refractivity contribution in [2.24, 2.45) is 17.6 Å². The predicted molar refractivity (Wildman–Crippen MR) is 220 cm³/mol. The Morgan fingerprint density at radius 1 is 0.672 bits per heavy atom. The zero-order valence-corrected chi connectivity index (χ0v) is 36.2. The largest absolute Gasteiger partial charge is 0.481 e. The highest BCUT2D eigenvalue weighted by Crippen LogP contribution is 2.21. The van der Waals surface area contributed by atoms with Gasteiger partial charge in [0.2, 0.25) is 41.4 Å². The van der Waals surface area contributed by atoms with Crippen LogP contribution in [0.5, 0.6) is 0 Å². The van der Waals surface area contributed by atoms with Gasteiger partial charge < -0.3 is 52.7 Å². The summed E-state index contributed by atoms with van der Waals surface area (Å²) in [5.74, 6) is -6.31. The maximum Gasteiger partial charge on any atom is 0.326 e. The number of carbonyl (C=O) groups excluding carboxylic acids is 7. The highest BCUT2D eigenvalue weighted by atomic mass is 32.2. The summed E-state index contributed by atoms with van der Waals surface area (Å²) in [7, 11) is 0. The molecule has 0 bridgehead atoms.